The second-order valence-corrected chi connectivity index (χ2v) is 10.1. The SMILES string of the molecule is c1cc(-c2ccc(-c3cn(C4CN5CCC4CC5)nn3)s2)ccc1CN1CCOCC1. The van der Waals surface area contributed by atoms with E-state index in [1.165, 1.54) is 46.8 Å². The summed E-state index contributed by atoms with van der Waals surface area (Å²) in [5.41, 5.74) is 3.63. The van der Waals surface area contributed by atoms with Crippen LogP contribution < -0.4 is 0 Å². The van der Waals surface area contributed by atoms with Crippen LogP contribution >= 0.6 is 11.3 Å². The van der Waals surface area contributed by atoms with Gasteiger partial charge in [0.2, 0.25) is 0 Å². The van der Waals surface area contributed by atoms with Crippen molar-refractivity contribution in [3.05, 3.63) is 48.2 Å². The molecule has 4 fully saturated rings. The zero-order chi connectivity index (χ0) is 20.6. The highest BCUT2D eigenvalue weighted by Gasteiger charge is 2.35. The van der Waals surface area contributed by atoms with Gasteiger partial charge in [0.05, 0.1) is 30.3 Å². The lowest BCUT2D eigenvalue weighted by molar-refractivity contribution is 0.0342. The van der Waals surface area contributed by atoms with Gasteiger partial charge in [-0.3, -0.25) is 4.90 Å². The molecule has 162 valence electrons. The molecular formula is C24H29N5OS. The van der Waals surface area contributed by atoms with E-state index in [1.807, 2.05) is 0 Å². The van der Waals surface area contributed by atoms with Crippen molar-refractivity contribution in [1.29, 1.82) is 0 Å². The van der Waals surface area contributed by atoms with E-state index in [2.05, 4.69) is 67.4 Å². The molecule has 3 aromatic rings. The quantitative estimate of drug-likeness (QED) is 0.611. The molecule has 6 heterocycles. The standard InChI is InChI=1S/C24H29N5OS/c1-3-20(4-2-18(1)15-28-11-13-30-14-12-28)23-5-6-24(31-23)21-16-29(26-25-21)22-17-27-9-7-19(22)8-10-27/h1-6,16,19,22H,7-15,17H2. The number of hydrogen-bond acceptors (Lipinski definition) is 6. The molecule has 1 atom stereocenters. The molecule has 2 bridgehead atoms. The van der Waals surface area contributed by atoms with Gasteiger partial charge in [0, 0.05) is 31.1 Å². The molecule has 7 heteroatoms. The summed E-state index contributed by atoms with van der Waals surface area (Å²) >= 11 is 1.80. The van der Waals surface area contributed by atoms with E-state index in [0.29, 0.717) is 6.04 Å². The predicted octanol–water partition coefficient (Wildman–Crippen LogP) is 3.77. The van der Waals surface area contributed by atoms with Crippen LogP contribution in [0.3, 0.4) is 0 Å². The van der Waals surface area contributed by atoms with E-state index in [1.54, 1.807) is 11.3 Å². The molecule has 0 amide bonds. The molecular weight excluding hydrogens is 406 g/mol. The Hall–Kier alpha value is -2.06. The van der Waals surface area contributed by atoms with Crippen LogP contribution in [0.4, 0.5) is 0 Å². The smallest absolute Gasteiger partial charge is 0.123 e. The number of ether oxygens (including phenoxy) is 1. The lowest BCUT2D eigenvalue weighted by atomic mass is 9.84. The molecule has 1 aromatic carbocycles. The number of benzene rings is 1. The second kappa shape index (κ2) is 8.47. The third-order valence-corrected chi connectivity index (χ3v) is 8.24. The maximum absolute atomic E-state index is 5.45. The second-order valence-electron chi connectivity index (χ2n) is 9.04. The van der Waals surface area contributed by atoms with Crippen LogP contribution in [0.1, 0.15) is 24.4 Å². The molecule has 0 aliphatic carbocycles. The average molecular weight is 436 g/mol. The van der Waals surface area contributed by atoms with Gasteiger partial charge in [-0.05, 0) is 55.1 Å². The Kier molecular flexibility index (Phi) is 5.36. The van der Waals surface area contributed by atoms with Crippen LogP contribution in [0.2, 0.25) is 0 Å². The summed E-state index contributed by atoms with van der Waals surface area (Å²) in [6, 6.07) is 13.9. The molecule has 7 rings (SSSR count). The Labute approximate surface area is 187 Å². The summed E-state index contributed by atoms with van der Waals surface area (Å²) in [6.45, 7) is 8.37. The lowest BCUT2D eigenvalue weighted by Gasteiger charge is -2.44. The van der Waals surface area contributed by atoms with Crippen LogP contribution in [0.5, 0.6) is 0 Å². The molecule has 0 N–H and O–H groups in total. The van der Waals surface area contributed by atoms with Crippen LogP contribution in [-0.2, 0) is 11.3 Å². The van der Waals surface area contributed by atoms with Gasteiger partial charge in [0.15, 0.2) is 0 Å². The van der Waals surface area contributed by atoms with E-state index in [-0.39, 0.29) is 0 Å². The number of piperidine rings is 3. The Morgan fingerprint density at radius 2 is 1.71 bits per heavy atom. The van der Waals surface area contributed by atoms with Gasteiger partial charge >= 0.3 is 0 Å². The zero-order valence-electron chi connectivity index (χ0n) is 17.8. The number of morpholine rings is 1. The first kappa shape index (κ1) is 19.6. The molecule has 0 radical (unpaired) electrons. The van der Waals surface area contributed by atoms with Gasteiger partial charge in [-0.2, -0.15) is 0 Å². The van der Waals surface area contributed by atoms with Gasteiger partial charge in [0.25, 0.3) is 0 Å². The van der Waals surface area contributed by atoms with Crippen LogP contribution in [0, 0.1) is 5.92 Å². The average Bonchev–Trinajstić information content (AvgIpc) is 3.51. The molecule has 4 aliphatic heterocycles. The molecule has 1 unspecified atom stereocenters. The monoisotopic (exact) mass is 435 g/mol. The fourth-order valence-corrected chi connectivity index (χ4v) is 6.17. The van der Waals surface area contributed by atoms with Crippen molar-refractivity contribution in [3.8, 4) is 21.0 Å². The van der Waals surface area contributed by atoms with E-state index < -0.39 is 0 Å². The molecule has 4 saturated heterocycles. The molecule has 4 aliphatic rings. The van der Waals surface area contributed by atoms with Gasteiger partial charge < -0.3 is 9.64 Å². The molecule has 31 heavy (non-hydrogen) atoms. The van der Waals surface area contributed by atoms with Gasteiger partial charge in [0.1, 0.15) is 5.69 Å². The highest BCUT2D eigenvalue weighted by atomic mass is 32.1. The number of fused-ring (bicyclic) bond motifs is 3. The normalized spacial score (nSPS) is 26.4. The Balaban J connectivity index is 1.15. The van der Waals surface area contributed by atoms with Crippen molar-refractivity contribution in [3.63, 3.8) is 0 Å². The van der Waals surface area contributed by atoms with E-state index in [0.717, 1.165) is 51.0 Å². The van der Waals surface area contributed by atoms with Crippen LogP contribution in [-0.4, -0.2) is 70.7 Å². The Morgan fingerprint density at radius 3 is 2.45 bits per heavy atom. The summed E-state index contributed by atoms with van der Waals surface area (Å²) < 4.78 is 7.58. The zero-order valence-corrected chi connectivity index (χ0v) is 18.6. The number of hydrogen-bond donors (Lipinski definition) is 0. The predicted molar refractivity (Wildman–Crippen MR) is 123 cm³/mol. The molecule has 0 saturated carbocycles. The topological polar surface area (TPSA) is 46.4 Å². The molecule has 6 nitrogen and oxygen atoms in total. The third kappa shape index (κ3) is 4.07. The minimum absolute atomic E-state index is 0.488. The summed E-state index contributed by atoms with van der Waals surface area (Å²) in [5, 5.41) is 9.04. The van der Waals surface area contributed by atoms with E-state index >= 15 is 0 Å². The fourth-order valence-electron chi connectivity index (χ4n) is 5.21. The fraction of sp³-hybridized carbons (Fsp3) is 0.500. The summed E-state index contributed by atoms with van der Waals surface area (Å²) in [4.78, 5) is 7.50. The van der Waals surface area contributed by atoms with Crippen molar-refractivity contribution in [1.82, 2.24) is 24.8 Å². The minimum atomic E-state index is 0.488. The number of nitrogens with zero attached hydrogens (tertiary/aromatic N) is 5. The first-order valence-electron chi connectivity index (χ1n) is 11.5. The summed E-state index contributed by atoms with van der Waals surface area (Å²) in [7, 11) is 0. The van der Waals surface area contributed by atoms with Crippen molar-refractivity contribution < 1.29 is 4.74 Å². The van der Waals surface area contributed by atoms with E-state index in [4.69, 9.17) is 4.74 Å². The van der Waals surface area contributed by atoms with Crippen molar-refractivity contribution in [2.24, 2.45) is 5.92 Å². The summed E-state index contributed by atoms with van der Waals surface area (Å²) in [5.74, 6) is 0.759. The number of thiophene rings is 1. The van der Waals surface area contributed by atoms with Crippen molar-refractivity contribution in [2.75, 3.05) is 45.9 Å². The first-order chi connectivity index (χ1) is 15.3. The van der Waals surface area contributed by atoms with Crippen LogP contribution in [0.15, 0.2) is 42.6 Å². The third-order valence-electron chi connectivity index (χ3n) is 7.08. The minimum Gasteiger partial charge on any atom is -0.379 e. The lowest BCUT2D eigenvalue weighted by Crippen LogP contribution is -2.48. The van der Waals surface area contributed by atoms with Crippen molar-refractivity contribution >= 4 is 11.3 Å². The molecule has 0 spiro atoms. The maximum Gasteiger partial charge on any atom is 0.123 e. The highest BCUT2D eigenvalue weighted by molar-refractivity contribution is 7.18. The van der Waals surface area contributed by atoms with Gasteiger partial charge in [-0.25, -0.2) is 4.68 Å². The largest absolute Gasteiger partial charge is 0.379 e. The van der Waals surface area contributed by atoms with Gasteiger partial charge in [-0.15, -0.1) is 16.4 Å². The maximum atomic E-state index is 5.45. The number of aromatic nitrogens is 3. The highest BCUT2D eigenvalue weighted by Crippen LogP contribution is 2.37. The first-order valence-corrected chi connectivity index (χ1v) is 12.3. The van der Waals surface area contributed by atoms with Crippen LogP contribution in [0.25, 0.3) is 21.0 Å². The molecule has 2 aromatic heterocycles. The summed E-state index contributed by atoms with van der Waals surface area (Å²) in [6.07, 6.45) is 4.75. The van der Waals surface area contributed by atoms with E-state index in [9.17, 15) is 0 Å². The van der Waals surface area contributed by atoms with Gasteiger partial charge in [-0.1, -0.05) is 29.5 Å². The Morgan fingerprint density at radius 1 is 0.935 bits per heavy atom. The number of rotatable bonds is 5. The van der Waals surface area contributed by atoms with Crippen molar-refractivity contribution in [2.45, 2.75) is 25.4 Å². The Bertz CT molecular complexity index is 1010.